The second-order valence-corrected chi connectivity index (χ2v) is 6.84. The normalized spacial score (nSPS) is 16.4. The predicted molar refractivity (Wildman–Crippen MR) is 124 cm³/mol. The Labute approximate surface area is 186 Å². The summed E-state index contributed by atoms with van der Waals surface area (Å²) in [6.45, 7) is 2.37. The summed E-state index contributed by atoms with van der Waals surface area (Å²) in [6.07, 6.45) is 1.00. The molecule has 9 heteroatoms. The van der Waals surface area contributed by atoms with E-state index in [0.29, 0.717) is 12.5 Å². The fourth-order valence-electron chi connectivity index (χ4n) is 3.09. The molecular formula is C19H23ClIN5O2. The molecule has 0 aliphatic carbocycles. The second-order valence-electron chi connectivity index (χ2n) is 6.41. The Bertz CT molecular complexity index is 831. The van der Waals surface area contributed by atoms with Gasteiger partial charge in [0.25, 0.3) is 5.69 Å². The van der Waals surface area contributed by atoms with E-state index >= 15 is 0 Å². The molecule has 0 amide bonds. The largest absolute Gasteiger partial charge is 0.369 e. The molecule has 0 saturated carbocycles. The highest BCUT2D eigenvalue weighted by molar-refractivity contribution is 14.0. The van der Waals surface area contributed by atoms with E-state index in [-0.39, 0.29) is 35.7 Å². The number of non-ortho nitro benzene ring substituents is 1. The molecule has 1 aliphatic rings. The van der Waals surface area contributed by atoms with E-state index in [1.54, 1.807) is 19.2 Å². The first-order valence-corrected chi connectivity index (χ1v) is 9.14. The Hall–Kier alpha value is -2.07. The Kier molecular flexibility index (Phi) is 8.31. The fourth-order valence-corrected chi connectivity index (χ4v) is 3.28. The summed E-state index contributed by atoms with van der Waals surface area (Å²) in [7, 11) is 1.73. The van der Waals surface area contributed by atoms with Crippen molar-refractivity contribution < 1.29 is 4.92 Å². The summed E-state index contributed by atoms with van der Waals surface area (Å²) in [4.78, 5) is 16.9. The number of rotatable bonds is 5. The quantitative estimate of drug-likeness (QED) is 0.208. The number of aliphatic imine (C=N–C) groups is 1. The van der Waals surface area contributed by atoms with E-state index in [0.717, 1.165) is 35.8 Å². The van der Waals surface area contributed by atoms with Crippen LogP contribution in [0.1, 0.15) is 12.0 Å². The maximum Gasteiger partial charge on any atom is 0.269 e. The number of halogens is 2. The predicted octanol–water partition coefficient (Wildman–Crippen LogP) is 3.81. The van der Waals surface area contributed by atoms with E-state index in [1.165, 1.54) is 12.1 Å². The minimum Gasteiger partial charge on any atom is -0.369 e. The number of anilines is 1. The first-order chi connectivity index (χ1) is 13.0. The lowest BCUT2D eigenvalue weighted by Gasteiger charge is -2.20. The molecule has 2 aromatic rings. The lowest BCUT2D eigenvalue weighted by molar-refractivity contribution is -0.384. The van der Waals surface area contributed by atoms with Crippen LogP contribution in [0.5, 0.6) is 0 Å². The van der Waals surface area contributed by atoms with Crippen LogP contribution in [0, 0.1) is 10.1 Å². The van der Waals surface area contributed by atoms with E-state index in [2.05, 4.69) is 26.6 Å². The number of nitrogens with one attached hydrogen (secondary N) is 2. The van der Waals surface area contributed by atoms with Crippen molar-refractivity contribution in [1.29, 1.82) is 0 Å². The first-order valence-electron chi connectivity index (χ1n) is 8.76. The van der Waals surface area contributed by atoms with E-state index in [9.17, 15) is 10.1 Å². The van der Waals surface area contributed by atoms with Crippen LogP contribution in [-0.2, 0) is 6.54 Å². The number of guanidine groups is 1. The van der Waals surface area contributed by atoms with Crippen molar-refractivity contribution in [3.8, 4) is 0 Å². The van der Waals surface area contributed by atoms with Crippen LogP contribution in [0.2, 0.25) is 5.02 Å². The van der Waals surface area contributed by atoms with E-state index in [1.807, 2.05) is 18.2 Å². The number of hydrogen-bond donors (Lipinski definition) is 2. The third-order valence-corrected chi connectivity index (χ3v) is 4.77. The van der Waals surface area contributed by atoms with E-state index < -0.39 is 4.92 Å². The maximum atomic E-state index is 10.7. The first kappa shape index (κ1) is 22.2. The zero-order valence-electron chi connectivity index (χ0n) is 15.5. The van der Waals surface area contributed by atoms with Gasteiger partial charge in [0.15, 0.2) is 5.96 Å². The summed E-state index contributed by atoms with van der Waals surface area (Å²) >= 11 is 6.08. The number of nitrogens with zero attached hydrogens (tertiary/aromatic N) is 3. The molecule has 1 saturated heterocycles. The topological polar surface area (TPSA) is 82.8 Å². The second kappa shape index (κ2) is 10.5. The molecule has 1 aliphatic heterocycles. The minimum absolute atomic E-state index is 0. The molecule has 0 aromatic heterocycles. The minimum atomic E-state index is -0.399. The van der Waals surface area contributed by atoms with Crippen molar-refractivity contribution in [3.05, 3.63) is 69.2 Å². The third kappa shape index (κ3) is 5.96. The summed E-state index contributed by atoms with van der Waals surface area (Å²) < 4.78 is 0. The van der Waals surface area contributed by atoms with Crippen molar-refractivity contribution in [2.45, 2.75) is 19.0 Å². The maximum absolute atomic E-state index is 10.7. The molecule has 1 unspecified atom stereocenters. The third-order valence-electron chi connectivity index (χ3n) is 4.53. The Morgan fingerprint density at radius 2 is 2.07 bits per heavy atom. The van der Waals surface area contributed by atoms with Gasteiger partial charge in [0.05, 0.1) is 4.92 Å². The molecular weight excluding hydrogens is 493 g/mol. The Balaban J connectivity index is 0.00000280. The smallest absolute Gasteiger partial charge is 0.269 e. The number of nitro groups is 1. The molecule has 1 heterocycles. The highest BCUT2D eigenvalue weighted by Crippen LogP contribution is 2.23. The van der Waals surface area contributed by atoms with Gasteiger partial charge in [-0.05, 0) is 30.2 Å². The monoisotopic (exact) mass is 515 g/mol. The fraction of sp³-hybridized carbons (Fsp3) is 0.316. The van der Waals surface area contributed by atoms with Gasteiger partial charge in [-0.25, -0.2) is 0 Å². The van der Waals surface area contributed by atoms with Crippen molar-refractivity contribution in [1.82, 2.24) is 10.6 Å². The molecule has 3 rings (SSSR count). The van der Waals surface area contributed by atoms with Crippen LogP contribution in [0.25, 0.3) is 0 Å². The van der Waals surface area contributed by atoms with Gasteiger partial charge in [-0.3, -0.25) is 15.1 Å². The van der Waals surface area contributed by atoms with Crippen LogP contribution in [0.15, 0.2) is 53.5 Å². The molecule has 1 fully saturated rings. The van der Waals surface area contributed by atoms with E-state index in [4.69, 9.17) is 11.6 Å². The Morgan fingerprint density at radius 3 is 2.71 bits per heavy atom. The summed E-state index contributed by atoms with van der Waals surface area (Å²) in [6, 6.07) is 14.7. The average molecular weight is 516 g/mol. The molecule has 2 N–H and O–H groups in total. The van der Waals surface area contributed by atoms with Gasteiger partial charge in [-0.2, -0.15) is 0 Å². The Morgan fingerprint density at radius 1 is 1.32 bits per heavy atom. The molecule has 7 nitrogen and oxygen atoms in total. The number of benzene rings is 2. The summed E-state index contributed by atoms with van der Waals surface area (Å²) in [5.41, 5.74) is 2.17. The molecule has 150 valence electrons. The van der Waals surface area contributed by atoms with Crippen LogP contribution in [0.4, 0.5) is 11.4 Å². The molecule has 1 atom stereocenters. The van der Waals surface area contributed by atoms with Crippen molar-refractivity contribution in [2.24, 2.45) is 4.99 Å². The lowest BCUT2D eigenvalue weighted by Crippen LogP contribution is -2.44. The zero-order chi connectivity index (χ0) is 19.2. The van der Waals surface area contributed by atoms with Crippen molar-refractivity contribution in [3.63, 3.8) is 0 Å². The zero-order valence-corrected chi connectivity index (χ0v) is 18.6. The van der Waals surface area contributed by atoms with Crippen LogP contribution < -0.4 is 15.5 Å². The average Bonchev–Trinajstić information content (AvgIpc) is 3.14. The van der Waals surface area contributed by atoms with Crippen LogP contribution in [-0.4, -0.2) is 37.1 Å². The van der Waals surface area contributed by atoms with Crippen molar-refractivity contribution >= 4 is 52.9 Å². The summed E-state index contributed by atoms with van der Waals surface area (Å²) in [5, 5.41) is 18.1. The SMILES string of the molecule is CN=C(NCc1ccc([N+](=O)[O-])cc1)NC1CCN(c2cccc(Cl)c2)C1.I. The van der Waals surface area contributed by atoms with Gasteiger partial charge < -0.3 is 15.5 Å². The number of nitro benzene ring substituents is 1. The molecule has 0 bridgehead atoms. The van der Waals surface area contributed by atoms with Gasteiger partial charge in [-0.15, -0.1) is 24.0 Å². The molecule has 0 radical (unpaired) electrons. The van der Waals surface area contributed by atoms with Gasteiger partial charge in [0.2, 0.25) is 0 Å². The van der Waals surface area contributed by atoms with Gasteiger partial charge in [0, 0.05) is 55.6 Å². The molecule has 28 heavy (non-hydrogen) atoms. The summed E-state index contributed by atoms with van der Waals surface area (Å²) in [5.74, 6) is 0.714. The highest BCUT2D eigenvalue weighted by atomic mass is 127. The van der Waals surface area contributed by atoms with Crippen LogP contribution in [0.3, 0.4) is 0 Å². The lowest BCUT2D eigenvalue weighted by atomic mass is 10.2. The van der Waals surface area contributed by atoms with Crippen molar-refractivity contribution in [2.75, 3.05) is 25.0 Å². The molecule has 0 spiro atoms. The molecule has 2 aromatic carbocycles. The standard InChI is InChI=1S/C19H22ClN5O2.HI/c1-21-19(22-12-14-5-7-17(8-6-14)25(26)27)23-16-9-10-24(13-16)18-4-2-3-15(20)11-18;/h2-8,11,16H,9-10,12-13H2,1H3,(H2,21,22,23);1H. The highest BCUT2D eigenvalue weighted by Gasteiger charge is 2.23. The van der Waals surface area contributed by atoms with Gasteiger partial charge in [-0.1, -0.05) is 29.8 Å². The number of hydrogen-bond acceptors (Lipinski definition) is 4. The van der Waals surface area contributed by atoms with Gasteiger partial charge >= 0.3 is 0 Å². The van der Waals surface area contributed by atoms with Gasteiger partial charge in [0.1, 0.15) is 0 Å². The van der Waals surface area contributed by atoms with Crippen LogP contribution >= 0.6 is 35.6 Å².